The lowest BCUT2D eigenvalue weighted by molar-refractivity contribution is 0.179. The van der Waals surface area contributed by atoms with E-state index in [0.29, 0.717) is 13.0 Å². The first-order chi connectivity index (χ1) is 4.27. The highest BCUT2D eigenvalue weighted by Crippen LogP contribution is 2.20. The highest BCUT2D eigenvalue weighted by Gasteiger charge is 2.27. The number of alkyl halides is 1. The second-order valence-corrected chi connectivity index (χ2v) is 2.52. The molecular formula is C7H12FN. The fourth-order valence-electron chi connectivity index (χ4n) is 1.07. The molecule has 0 aromatic rings. The van der Waals surface area contributed by atoms with Crippen molar-refractivity contribution in [3.63, 3.8) is 0 Å². The Bertz CT molecular complexity index is 105. The highest BCUT2D eigenvalue weighted by atomic mass is 19.1. The molecule has 1 aliphatic rings. The summed E-state index contributed by atoms with van der Waals surface area (Å²) < 4.78 is 13.1. The molecule has 0 spiro atoms. The molecule has 1 aliphatic heterocycles. The number of piperidine rings is 1. The number of hydrogen-bond acceptors (Lipinski definition) is 1. The van der Waals surface area contributed by atoms with Crippen LogP contribution in [0, 0.1) is 0 Å². The van der Waals surface area contributed by atoms with Crippen LogP contribution in [-0.2, 0) is 0 Å². The molecule has 1 fully saturated rings. The average molecular weight is 129 g/mol. The highest BCUT2D eigenvalue weighted by molar-refractivity contribution is 4.99. The van der Waals surface area contributed by atoms with Gasteiger partial charge in [-0.1, -0.05) is 12.7 Å². The Labute approximate surface area is 54.9 Å². The molecule has 1 nitrogen and oxygen atoms in total. The third-order valence-corrected chi connectivity index (χ3v) is 1.73. The molecule has 1 saturated heterocycles. The van der Waals surface area contributed by atoms with Crippen molar-refractivity contribution in [2.45, 2.75) is 18.5 Å². The van der Waals surface area contributed by atoms with Crippen LogP contribution >= 0.6 is 0 Å². The molecule has 0 amide bonds. The fraction of sp³-hybridized carbons (Fsp3) is 0.714. The van der Waals surface area contributed by atoms with Gasteiger partial charge in [0.2, 0.25) is 0 Å². The Hall–Kier alpha value is -0.370. The Balaban J connectivity index is 2.46. The van der Waals surface area contributed by atoms with Gasteiger partial charge in [0, 0.05) is 6.54 Å². The first-order valence-corrected chi connectivity index (χ1v) is 3.30. The maximum absolute atomic E-state index is 13.1. The lowest BCUT2D eigenvalue weighted by Gasteiger charge is -2.26. The Morgan fingerprint density at radius 3 is 2.78 bits per heavy atom. The van der Waals surface area contributed by atoms with Gasteiger partial charge in [0.05, 0.1) is 0 Å². The van der Waals surface area contributed by atoms with E-state index in [9.17, 15) is 4.39 Å². The largest absolute Gasteiger partial charge is 0.313 e. The molecule has 0 bridgehead atoms. The van der Waals surface area contributed by atoms with E-state index in [1.807, 2.05) is 0 Å². The topological polar surface area (TPSA) is 12.0 Å². The van der Waals surface area contributed by atoms with Crippen molar-refractivity contribution in [3.05, 3.63) is 12.7 Å². The monoisotopic (exact) mass is 129 g/mol. The molecule has 0 aromatic heterocycles. The standard InChI is InChI=1S/C7H12FN/c1-2-7(8)4-3-5-9-6-7/h2,9H,1,3-6H2. The lowest BCUT2D eigenvalue weighted by atomic mass is 9.97. The molecule has 1 unspecified atom stereocenters. The first kappa shape index (κ1) is 6.75. The van der Waals surface area contributed by atoms with Gasteiger partial charge in [0.15, 0.2) is 0 Å². The number of hydrogen-bond donors (Lipinski definition) is 1. The molecule has 0 radical (unpaired) electrons. The Morgan fingerprint density at radius 2 is 2.44 bits per heavy atom. The van der Waals surface area contributed by atoms with Crippen molar-refractivity contribution in [2.75, 3.05) is 13.1 Å². The lowest BCUT2D eigenvalue weighted by Crippen LogP contribution is -2.40. The molecule has 1 rings (SSSR count). The number of halogens is 1. The molecule has 0 aliphatic carbocycles. The third kappa shape index (κ3) is 1.52. The maximum atomic E-state index is 13.1. The summed E-state index contributed by atoms with van der Waals surface area (Å²) in [6.07, 6.45) is 2.95. The summed E-state index contributed by atoms with van der Waals surface area (Å²) in [6.45, 7) is 4.83. The smallest absolute Gasteiger partial charge is 0.141 e. The van der Waals surface area contributed by atoms with E-state index in [4.69, 9.17) is 0 Å². The summed E-state index contributed by atoms with van der Waals surface area (Å²) in [7, 11) is 0. The summed E-state index contributed by atoms with van der Waals surface area (Å²) in [4.78, 5) is 0. The maximum Gasteiger partial charge on any atom is 0.141 e. The Morgan fingerprint density at radius 1 is 1.67 bits per heavy atom. The van der Waals surface area contributed by atoms with Crippen molar-refractivity contribution in [1.29, 1.82) is 0 Å². The molecule has 52 valence electrons. The average Bonchev–Trinajstić information content (AvgIpc) is 1.90. The first-order valence-electron chi connectivity index (χ1n) is 3.30. The minimum Gasteiger partial charge on any atom is -0.313 e. The predicted molar refractivity (Wildman–Crippen MR) is 36.1 cm³/mol. The van der Waals surface area contributed by atoms with Crippen molar-refractivity contribution >= 4 is 0 Å². The predicted octanol–water partition coefficient (Wildman–Crippen LogP) is 1.26. The van der Waals surface area contributed by atoms with Gasteiger partial charge in [0.1, 0.15) is 5.67 Å². The van der Waals surface area contributed by atoms with E-state index < -0.39 is 5.67 Å². The molecule has 9 heavy (non-hydrogen) atoms. The summed E-state index contributed by atoms with van der Waals surface area (Å²) in [5, 5.41) is 2.98. The molecule has 1 N–H and O–H groups in total. The molecule has 1 atom stereocenters. The Kier molecular flexibility index (Phi) is 1.86. The quantitative estimate of drug-likeness (QED) is 0.526. The van der Waals surface area contributed by atoms with E-state index in [-0.39, 0.29) is 0 Å². The zero-order chi connectivity index (χ0) is 6.74. The van der Waals surface area contributed by atoms with Crippen molar-refractivity contribution < 1.29 is 4.39 Å². The van der Waals surface area contributed by atoms with Gasteiger partial charge in [-0.2, -0.15) is 0 Å². The van der Waals surface area contributed by atoms with Crippen LogP contribution in [0.1, 0.15) is 12.8 Å². The van der Waals surface area contributed by atoms with Gasteiger partial charge in [-0.25, -0.2) is 4.39 Å². The second kappa shape index (κ2) is 2.48. The van der Waals surface area contributed by atoms with Gasteiger partial charge < -0.3 is 5.32 Å². The van der Waals surface area contributed by atoms with Crippen LogP contribution in [0.4, 0.5) is 4.39 Å². The van der Waals surface area contributed by atoms with Crippen LogP contribution < -0.4 is 5.32 Å². The molecule has 0 saturated carbocycles. The minimum atomic E-state index is -1.13. The van der Waals surface area contributed by atoms with Gasteiger partial charge in [-0.3, -0.25) is 0 Å². The minimum absolute atomic E-state index is 0.441. The summed E-state index contributed by atoms with van der Waals surface area (Å²) in [5.74, 6) is 0. The van der Waals surface area contributed by atoms with Crippen LogP contribution in [0.25, 0.3) is 0 Å². The van der Waals surface area contributed by atoms with E-state index in [1.165, 1.54) is 6.08 Å². The SMILES string of the molecule is C=CC1(F)CCCNC1. The number of nitrogens with one attached hydrogen (secondary N) is 1. The molecule has 1 heterocycles. The summed E-state index contributed by atoms with van der Waals surface area (Å²) in [5.41, 5.74) is -1.13. The molecule has 0 aromatic carbocycles. The van der Waals surface area contributed by atoms with Crippen molar-refractivity contribution in [2.24, 2.45) is 0 Å². The van der Waals surface area contributed by atoms with Gasteiger partial charge in [0.25, 0.3) is 0 Å². The summed E-state index contributed by atoms with van der Waals surface area (Å²) >= 11 is 0. The van der Waals surface area contributed by atoms with Gasteiger partial charge in [-0.15, -0.1) is 0 Å². The van der Waals surface area contributed by atoms with E-state index >= 15 is 0 Å². The second-order valence-electron chi connectivity index (χ2n) is 2.52. The molecular weight excluding hydrogens is 117 g/mol. The van der Waals surface area contributed by atoms with Crippen LogP contribution in [0.15, 0.2) is 12.7 Å². The van der Waals surface area contributed by atoms with E-state index in [2.05, 4.69) is 11.9 Å². The number of rotatable bonds is 1. The molecule has 2 heteroatoms. The zero-order valence-electron chi connectivity index (χ0n) is 5.49. The van der Waals surface area contributed by atoms with Crippen LogP contribution in [0.2, 0.25) is 0 Å². The van der Waals surface area contributed by atoms with Crippen LogP contribution in [-0.4, -0.2) is 18.8 Å². The fourth-order valence-corrected chi connectivity index (χ4v) is 1.07. The van der Waals surface area contributed by atoms with Gasteiger partial charge in [-0.05, 0) is 19.4 Å². The summed E-state index contributed by atoms with van der Waals surface area (Å²) in [6, 6.07) is 0. The zero-order valence-corrected chi connectivity index (χ0v) is 5.49. The van der Waals surface area contributed by atoms with E-state index in [1.54, 1.807) is 0 Å². The van der Waals surface area contributed by atoms with Crippen molar-refractivity contribution in [1.82, 2.24) is 5.32 Å². The van der Waals surface area contributed by atoms with Crippen LogP contribution in [0.3, 0.4) is 0 Å². The van der Waals surface area contributed by atoms with E-state index in [0.717, 1.165) is 13.0 Å². The van der Waals surface area contributed by atoms with Crippen molar-refractivity contribution in [3.8, 4) is 0 Å². The van der Waals surface area contributed by atoms with Gasteiger partial charge >= 0.3 is 0 Å². The normalized spacial score (nSPS) is 36.1. The van der Waals surface area contributed by atoms with Crippen LogP contribution in [0.5, 0.6) is 0 Å². The third-order valence-electron chi connectivity index (χ3n) is 1.73.